The van der Waals surface area contributed by atoms with Crippen LogP contribution in [0.1, 0.15) is 35.6 Å². The molecule has 3 nitrogen and oxygen atoms in total. The molecule has 0 aliphatic carbocycles. The normalized spacial score (nSPS) is 13.0. The molecular weight excluding hydrogens is 268 g/mol. The summed E-state index contributed by atoms with van der Waals surface area (Å²) < 4.78 is 8.56. The number of fused-ring (bicyclic) bond motifs is 1. The van der Waals surface area contributed by atoms with Crippen molar-refractivity contribution in [3.63, 3.8) is 0 Å². The molecule has 1 aromatic carbocycles. The monoisotopic (exact) mass is 286 g/mol. The van der Waals surface area contributed by atoms with E-state index in [0.29, 0.717) is 0 Å². The zero-order valence-electron chi connectivity index (χ0n) is 12.2. The smallest absolute Gasteiger partial charge is 0.178 e. The Labute approximate surface area is 123 Å². The van der Waals surface area contributed by atoms with Gasteiger partial charge in [-0.3, -0.25) is 0 Å². The first-order valence-electron chi connectivity index (χ1n) is 6.75. The molecular formula is C16H18N2OS. The largest absolute Gasteiger partial charge is 0.466 e. The minimum atomic E-state index is 0.149. The van der Waals surface area contributed by atoms with E-state index in [1.54, 1.807) is 0 Å². The van der Waals surface area contributed by atoms with Gasteiger partial charge in [-0.2, -0.15) is 0 Å². The van der Waals surface area contributed by atoms with Crippen LogP contribution in [0.5, 0.6) is 0 Å². The molecule has 0 amide bonds. The predicted octanol–water partition coefficient (Wildman–Crippen LogP) is 4.83. The van der Waals surface area contributed by atoms with Crippen molar-refractivity contribution in [2.75, 3.05) is 0 Å². The fourth-order valence-electron chi connectivity index (χ4n) is 2.82. The number of rotatable bonds is 2. The zero-order valence-corrected chi connectivity index (χ0v) is 13.0. The minimum Gasteiger partial charge on any atom is -0.466 e. The predicted molar refractivity (Wildman–Crippen MR) is 83.9 cm³/mol. The second-order valence-corrected chi connectivity index (χ2v) is 5.75. The van der Waals surface area contributed by atoms with E-state index in [1.165, 1.54) is 11.1 Å². The molecule has 0 spiro atoms. The summed E-state index contributed by atoms with van der Waals surface area (Å²) in [4.78, 5) is 3.28. The third-order valence-corrected chi connectivity index (χ3v) is 4.09. The van der Waals surface area contributed by atoms with Crippen LogP contribution in [0.3, 0.4) is 0 Å². The molecule has 0 saturated carbocycles. The molecule has 1 N–H and O–H groups in total. The Morgan fingerprint density at radius 3 is 2.60 bits per heavy atom. The Morgan fingerprint density at radius 2 is 1.95 bits per heavy atom. The van der Waals surface area contributed by atoms with Gasteiger partial charge in [0.25, 0.3) is 0 Å². The van der Waals surface area contributed by atoms with Crippen LogP contribution >= 0.6 is 12.2 Å². The van der Waals surface area contributed by atoms with Crippen molar-refractivity contribution in [2.24, 2.45) is 0 Å². The third-order valence-electron chi connectivity index (χ3n) is 3.79. The number of aryl methyl sites for hydroxylation is 3. The second kappa shape index (κ2) is 4.63. The zero-order chi connectivity index (χ0) is 14.4. The quantitative estimate of drug-likeness (QED) is 0.685. The molecule has 0 saturated heterocycles. The number of aromatic nitrogens is 2. The number of nitrogens with one attached hydrogen (secondary N) is 1. The van der Waals surface area contributed by atoms with E-state index in [4.69, 9.17) is 16.6 Å². The van der Waals surface area contributed by atoms with Gasteiger partial charge in [-0.25, -0.2) is 0 Å². The van der Waals surface area contributed by atoms with Gasteiger partial charge in [-0.1, -0.05) is 6.07 Å². The number of aromatic amines is 1. The number of benzene rings is 1. The van der Waals surface area contributed by atoms with Crippen molar-refractivity contribution in [1.29, 1.82) is 0 Å². The van der Waals surface area contributed by atoms with Crippen LogP contribution in [0.25, 0.3) is 11.0 Å². The maximum Gasteiger partial charge on any atom is 0.178 e. The van der Waals surface area contributed by atoms with Gasteiger partial charge in [0.15, 0.2) is 4.77 Å². The molecule has 2 aromatic heterocycles. The maximum atomic E-state index is 5.65. The lowest BCUT2D eigenvalue weighted by atomic mass is 10.1. The number of H-pyrrole nitrogens is 1. The highest BCUT2D eigenvalue weighted by Gasteiger charge is 2.17. The maximum absolute atomic E-state index is 5.65. The van der Waals surface area contributed by atoms with Crippen molar-refractivity contribution in [2.45, 2.75) is 33.7 Å². The molecule has 104 valence electrons. The lowest BCUT2D eigenvalue weighted by Gasteiger charge is -2.14. The molecule has 0 aliphatic heterocycles. The molecule has 1 unspecified atom stereocenters. The van der Waals surface area contributed by atoms with Crippen LogP contribution in [-0.4, -0.2) is 9.55 Å². The van der Waals surface area contributed by atoms with E-state index in [2.05, 4.69) is 47.7 Å². The molecule has 2 heterocycles. The van der Waals surface area contributed by atoms with E-state index >= 15 is 0 Å². The van der Waals surface area contributed by atoms with E-state index < -0.39 is 0 Å². The van der Waals surface area contributed by atoms with Gasteiger partial charge >= 0.3 is 0 Å². The SMILES string of the molecule is Cc1ccc2[nH]c(=S)n(C(C)c3cc(C)oc3C)c2c1. The first-order valence-corrected chi connectivity index (χ1v) is 7.16. The minimum absolute atomic E-state index is 0.149. The number of furan rings is 1. The average molecular weight is 286 g/mol. The highest BCUT2D eigenvalue weighted by molar-refractivity contribution is 7.71. The summed E-state index contributed by atoms with van der Waals surface area (Å²) in [6.45, 7) is 8.23. The number of hydrogen-bond acceptors (Lipinski definition) is 2. The Kier molecular flexibility index (Phi) is 3.05. The standard InChI is InChI=1S/C16H18N2OS/c1-9-5-6-14-15(7-9)18(16(20)17-14)11(3)13-8-10(2)19-12(13)4/h5-8,11H,1-4H3,(H,17,20). The summed E-state index contributed by atoms with van der Waals surface area (Å²) in [5, 5.41) is 0. The van der Waals surface area contributed by atoms with Gasteiger partial charge in [0.05, 0.1) is 17.1 Å². The highest BCUT2D eigenvalue weighted by Crippen LogP contribution is 2.28. The van der Waals surface area contributed by atoms with Crippen molar-refractivity contribution in [3.05, 3.63) is 51.7 Å². The van der Waals surface area contributed by atoms with Gasteiger partial charge in [0, 0.05) is 5.56 Å². The van der Waals surface area contributed by atoms with E-state index in [0.717, 1.165) is 27.3 Å². The second-order valence-electron chi connectivity index (χ2n) is 5.37. The lowest BCUT2D eigenvalue weighted by molar-refractivity contribution is 0.495. The Bertz CT molecular complexity index is 838. The summed E-state index contributed by atoms with van der Waals surface area (Å²) in [5.41, 5.74) is 4.62. The molecule has 3 aromatic rings. The van der Waals surface area contributed by atoms with Gasteiger partial charge in [-0.05, 0) is 63.7 Å². The van der Waals surface area contributed by atoms with Crippen molar-refractivity contribution < 1.29 is 4.42 Å². The molecule has 0 fully saturated rings. The fourth-order valence-corrected chi connectivity index (χ4v) is 3.19. The molecule has 20 heavy (non-hydrogen) atoms. The van der Waals surface area contributed by atoms with Gasteiger partial charge in [0.1, 0.15) is 11.5 Å². The number of imidazole rings is 1. The van der Waals surface area contributed by atoms with Crippen molar-refractivity contribution in [1.82, 2.24) is 9.55 Å². The summed E-state index contributed by atoms with van der Waals surface area (Å²) in [5.74, 6) is 1.89. The number of hydrogen-bond donors (Lipinski definition) is 1. The third kappa shape index (κ3) is 2.00. The molecule has 3 rings (SSSR count). The molecule has 0 radical (unpaired) electrons. The van der Waals surface area contributed by atoms with Gasteiger partial charge in [-0.15, -0.1) is 0 Å². The summed E-state index contributed by atoms with van der Waals surface area (Å²) in [7, 11) is 0. The van der Waals surface area contributed by atoms with Crippen LogP contribution in [0.2, 0.25) is 0 Å². The Balaban J connectivity index is 2.23. The van der Waals surface area contributed by atoms with Crippen LogP contribution in [0.15, 0.2) is 28.7 Å². The number of nitrogens with zero attached hydrogens (tertiary/aromatic N) is 1. The molecule has 1 atom stereocenters. The topological polar surface area (TPSA) is 33.9 Å². The Morgan fingerprint density at radius 1 is 1.20 bits per heavy atom. The summed E-state index contributed by atoms with van der Waals surface area (Å²) in [6, 6.07) is 8.58. The van der Waals surface area contributed by atoms with Crippen LogP contribution in [0, 0.1) is 25.5 Å². The molecule has 0 bridgehead atoms. The Hall–Kier alpha value is -1.81. The lowest BCUT2D eigenvalue weighted by Crippen LogP contribution is -2.07. The summed E-state index contributed by atoms with van der Waals surface area (Å²) in [6.07, 6.45) is 0. The van der Waals surface area contributed by atoms with E-state index in [9.17, 15) is 0 Å². The van der Waals surface area contributed by atoms with Crippen molar-refractivity contribution >= 4 is 23.3 Å². The molecule has 4 heteroatoms. The van der Waals surface area contributed by atoms with Crippen molar-refractivity contribution in [3.8, 4) is 0 Å². The van der Waals surface area contributed by atoms with Crippen LogP contribution in [0.4, 0.5) is 0 Å². The highest BCUT2D eigenvalue weighted by atomic mass is 32.1. The fraction of sp³-hybridized carbons (Fsp3) is 0.312. The summed E-state index contributed by atoms with van der Waals surface area (Å²) >= 11 is 5.50. The molecule has 0 aliphatic rings. The van der Waals surface area contributed by atoms with E-state index in [-0.39, 0.29) is 6.04 Å². The first-order chi connectivity index (χ1) is 9.47. The van der Waals surface area contributed by atoms with Crippen LogP contribution < -0.4 is 0 Å². The first kappa shape index (κ1) is 13.2. The van der Waals surface area contributed by atoms with E-state index in [1.807, 2.05) is 13.8 Å². The van der Waals surface area contributed by atoms with Gasteiger partial charge < -0.3 is 14.0 Å². The van der Waals surface area contributed by atoms with Gasteiger partial charge in [0.2, 0.25) is 0 Å². The van der Waals surface area contributed by atoms with Crippen LogP contribution in [-0.2, 0) is 0 Å². The average Bonchev–Trinajstić information content (AvgIpc) is 2.87.